The van der Waals surface area contributed by atoms with Gasteiger partial charge in [-0.25, -0.2) is 4.39 Å². The zero-order valence-corrected chi connectivity index (χ0v) is 20.5. The standard InChI is InChI=1S/C30H27ClFN3O/c31-23-8-13-27-28(14-15-33-29(27)19-23)34-25-9-11-26(12-10-25)35-30(36)22-16-21(17-24(32)18-22)7-6-20-4-2-1-3-5-20/h1-8,13-19,25-26H,9-12H2,(H,33,34)(H,35,36). The van der Waals surface area contributed by atoms with E-state index in [4.69, 9.17) is 11.6 Å². The van der Waals surface area contributed by atoms with Gasteiger partial charge in [0.2, 0.25) is 0 Å². The Hall–Kier alpha value is -3.70. The normalized spacial score (nSPS) is 17.8. The van der Waals surface area contributed by atoms with E-state index in [0.29, 0.717) is 22.2 Å². The van der Waals surface area contributed by atoms with Gasteiger partial charge in [-0.1, -0.05) is 54.1 Å². The largest absolute Gasteiger partial charge is 0.382 e. The lowest BCUT2D eigenvalue weighted by Gasteiger charge is -2.30. The molecule has 0 radical (unpaired) electrons. The van der Waals surface area contributed by atoms with Crippen LogP contribution in [0.1, 0.15) is 47.2 Å². The number of rotatable bonds is 6. The second-order valence-corrected chi connectivity index (χ2v) is 9.64. The fourth-order valence-corrected chi connectivity index (χ4v) is 4.88. The molecule has 1 saturated carbocycles. The number of aromatic nitrogens is 1. The number of hydrogen-bond donors (Lipinski definition) is 2. The molecule has 0 saturated heterocycles. The Balaban J connectivity index is 1.18. The van der Waals surface area contributed by atoms with E-state index in [1.807, 2.05) is 66.7 Å². The van der Waals surface area contributed by atoms with Crippen molar-refractivity contribution in [3.63, 3.8) is 0 Å². The summed E-state index contributed by atoms with van der Waals surface area (Å²) in [6.45, 7) is 0. The van der Waals surface area contributed by atoms with Crippen molar-refractivity contribution in [1.29, 1.82) is 0 Å². The molecule has 1 aliphatic carbocycles. The topological polar surface area (TPSA) is 54.0 Å². The maximum absolute atomic E-state index is 14.2. The van der Waals surface area contributed by atoms with Gasteiger partial charge in [0.05, 0.1) is 5.52 Å². The molecule has 1 aliphatic rings. The molecule has 0 atom stereocenters. The molecule has 1 amide bonds. The highest BCUT2D eigenvalue weighted by atomic mass is 35.5. The second-order valence-electron chi connectivity index (χ2n) is 9.20. The highest BCUT2D eigenvalue weighted by Gasteiger charge is 2.23. The Morgan fingerprint density at radius 1 is 0.889 bits per heavy atom. The predicted molar refractivity (Wildman–Crippen MR) is 146 cm³/mol. The van der Waals surface area contributed by atoms with Gasteiger partial charge in [0.1, 0.15) is 5.82 Å². The lowest BCUT2D eigenvalue weighted by Crippen LogP contribution is -2.40. The molecule has 0 unspecified atom stereocenters. The number of carbonyl (C=O) groups is 1. The first kappa shape index (κ1) is 24.0. The summed E-state index contributed by atoms with van der Waals surface area (Å²) in [5.41, 5.74) is 3.91. The van der Waals surface area contributed by atoms with E-state index < -0.39 is 5.82 Å². The Morgan fingerprint density at radius 2 is 1.64 bits per heavy atom. The fraction of sp³-hybridized carbons (Fsp3) is 0.200. The number of benzene rings is 3. The minimum Gasteiger partial charge on any atom is -0.382 e. The van der Waals surface area contributed by atoms with Gasteiger partial charge in [-0.05, 0) is 79.3 Å². The number of fused-ring (bicyclic) bond motifs is 1. The number of hydrogen-bond acceptors (Lipinski definition) is 3. The van der Waals surface area contributed by atoms with Crippen LogP contribution in [0, 0.1) is 5.82 Å². The molecule has 2 N–H and O–H groups in total. The number of carbonyl (C=O) groups excluding carboxylic acids is 1. The van der Waals surface area contributed by atoms with Crippen LogP contribution in [0.5, 0.6) is 0 Å². The van der Waals surface area contributed by atoms with E-state index in [1.54, 1.807) is 12.3 Å². The monoisotopic (exact) mass is 499 g/mol. The quantitative estimate of drug-likeness (QED) is 0.273. The van der Waals surface area contributed by atoms with Crippen LogP contribution in [0.4, 0.5) is 10.1 Å². The average Bonchev–Trinajstić information content (AvgIpc) is 2.89. The van der Waals surface area contributed by atoms with Gasteiger partial charge in [0.15, 0.2) is 0 Å². The van der Waals surface area contributed by atoms with E-state index in [2.05, 4.69) is 15.6 Å². The Morgan fingerprint density at radius 3 is 2.44 bits per heavy atom. The summed E-state index contributed by atoms with van der Waals surface area (Å²) in [6.07, 6.45) is 9.08. The van der Waals surface area contributed by atoms with Crippen LogP contribution in [0.15, 0.2) is 79.0 Å². The first-order valence-electron chi connectivity index (χ1n) is 12.2. The maximum atomic E-state index is 14.2. The van der Waals surface area contributed by atoms with Crippen LogP contribution in [0.3, 0.4) is 0 Å². The lowest BCUT2D eigenvalue weighted by molar-refractivity contribution is 0.0926. The highest BCUT2D eigenvalue weighted by molar-refractivity contribution is 6.31. The van der Waals surface area contributed by atoms with Gasteiger partial charge in [-0.2, -0.15) is 0 Å². The van der Waals surface area contributed by atoms with Gasteiger partial charge in [0.25, 0.3) is 5.91 Å². The van der Waals surface area contributed by atoms with Crippen LogP contribution in [0.25, 0.3) is 23.1 Å². The summed E-state index contributed by atoms with van der Waals surface area (Å²) in [5.74, 6) is -0.661. The molecular weight excluding hydrogens is 473 g/mol. The number of nitrogens with one attached hydrogen (secondary N) is 2. The molecule has 0 spiro atoms. The van der Waals surface area contributed by atoms with E-state index >= 15 is 0 Å². The predicted octanol–water partition coefficient (Wildman–Crippen LogP) is 7.35. The number of nitrogens with zero attached hydrogens (tertiary/aromatic N) is 1. The summed E-state index contributed by atoms with van der Waals surface area (Å²) in [7, 11) is 0. The highest BCUT2D eigenvalue weighted by Crippen LogP contribution is 2.28. The van der Waals surface area contributed by atoms with Crippen molar-refractivity contribution in [3.8, 4) is 0 Å². The van der Waals surface area contributed by atoms with Crippen molar-refractivity contribution >= 4 is 46.3 Å². The SMILES string of the molecule is O=C(NC1CCC(Nc2ccnc3cc(Cl)ccc23)CC1)c1cc(F)cc(C=Cc2ccccc2)c1. The third-order valence-electron chi connectivity index (χ3n) is 6.58. The Labute approximate surface area is 215 Å². The zero-order chi connectivity index (χ0) is 24.9. The third-order valence-corrected chi connectivity index (χ3v) is 6.81. The molecule has 1 aromatic heterocycles. The van der Waals surface area contributed by atoms with Crippen LogP contribution in [-0.2, 0) is 0 Å². The molecule has 4 aromatic rings. The molecule has 1 heterocycles. The van der Waals surface area contributed by atoms with Gasteiger partial charge >= 0.3 is 0 Å². The van der Waals surface area contributed by atoms with Crippen molar-refractivity contribution < 1.29 is 9.18 Å². The van der Waals surface area contributed by atoms with Gasteiger partial charge < -0.3 is 10.6 Å². The van der Waals surface area contributed by atoms with Crippen LogP contribution >= 0.6 is 11.6 Å². The summed E-state index contributed by atoms with van der Waals surface area (Å²) < 4.78 is 14.2. The molecule has 1 fully saturated rings. The molecule has 3 aromatic carbocycles. The molecular formula is C30H27ClFN3O. The summed E-state index contributed by atoms with van der Waals surface area (Å²) in [4.78, 5) is 17.3. The van der Waals surface area contributed by atoms with E-state index in [1.165, 1.54) is 12.1 Å². The minimum absolute atomic E-state index is 0.0649. The number of anilines is 1. The molecule has 6 heteroatoms. The van der Waals surface area contributed by atoms with E-state index in [-0.39, 0.29) is 11.9 Å². The second kappa shape index (κ2) is 10.9. The minimum atomic E-state index is -0.422. The first-order chi connectivity index (χ1) is 17.5. The Kier molecular flexibility index (Phi) is 7.28. The van der Waals surface area contributed by atoms with Crippen LogP contribution in [-0.4, -0.2) is 23.0 Å². The molecule has 0 aliphatic heterocycles. The zero-order valence-electron chi connectivity index (χ0n) is 19.8. The smallest absolute Gasteiger partial charge is 0.251 e. The first-order valence-corrected chi connectivity index (χ1v) is 12.6. The average molecular weight is 500 g/mol. The maximum Gasteiger partial charge on any atom is 0.251 e. The van der Waals surface area contributed by atoms with Gasteiger partial charge in [0, 0.05) is 39.9 Å². The van der Waals surface area contributed by atoms with Crippen LogP contribution < -0.4 is 10.6 Å². The number of halogens is 2. The fourth-order valence-electron chi connectivity index (χ4n) is 4.71. The molecule has 5 rings (SSSR count). The van der Waals surface area contributed by atoms with Gasteiger partial charge in [-0.15, -0.1) is 0 Å². The van der Waals surface area contributed by atoms with Crippen LogP contribution in [0.2, 0.25) is 5.02 Å². The van der Waals surface area contributed by atoms with Crippen molar-refractivity contribution in [2.24, 2.45) is 0 Å². The molecule has 182 valence electrons. The number of amides is 1. The summed E-state index contributed by atoms with van der Waals surface area (Å²) >= 11 is 6.10. The summed E-state index contributed by atoms with van der Waals surface area (Å²) in [6, 6.07) is 22.3. The Bertz CT molecular complexity index is 1400. The van der Waals surface area contributed by atoms with E-state index in [9.17, 15) is 9.18 Å². The van der Waals surface area contributed by atoms with Crippen molar-refractivity contribution in [2.45, 2.75) is 37.8 Å². The summed E-state index contributed by atoms with van der Waals surface area (Å²) in [5, 5.41) is 8.45. The third kappa shape index (κ3) is 5.92. The molecule has 0 bridgehead atoms. The van der Waals surface area contributed by atoms with E-state index in [0.717, 1.165) is 47.8 Å². The molecule has 4 nitrogen and oxygen atoms in total. The molecule has 36 heavy (non-hydrogen) atoms. The number of pyridine rings is 1. The van der Waals surface area contributed by atoms with Crippen molar-refractivity contribution in [1.82, 2.24) is 10.3 Å². The van der Waals surface area contributed by atoms with Gasteiger partial charge in [-0.3, -0.25) is 9.78 Å². The lowest BCUT2D eigenvalue weighted by atomic mass is 9.90. The van der Waals surface area contributed by atoms with Crippen molar-refractivity contribution in [3.05, 3.63) is 107 Å². The van der Waals surface area contributed by atoms with Crippen molar-refractivity contribution in [2.75, 3.05) is 5.32 Å².